The largest absolute Gasteiger partial charge is 0.493 e. The second-order valence-electron chi connectivity index (χ2n) is 3.71. The predicted molar refractivity (Wildman–Crippen MR) is 66.1 cm³/mol. The van der Waals surface area contributed by atoms with E-state index in [-0.39, 0.29) is 0 Å². The highest BCUT2D eigenvalue weighted by molar-refractivity contribution is 5.50. The van der Waals surface area contributed by atoms with Crippen LogP contribution >= 0.6 is 0 Å². The Morgan fingerprint density at radius 2 is 1.94 bits per heavy atom. The van der Waals surface area contributed by atoms with Gasteiger partial charge < -0.3 is 9.47 Å². The summed E-state index contributed by atoms with van der Waals surface area (Å²) in [6, 6.07) is 7.59. The monoisotopic (exact) mass is 243 g/mol. The summed E-state index contributed by atoms with van der Waals surface area (Å²) < 4.78 is 12.1. The van der Waals surface area contributed by atoms with Crippen molar-refractivity contribution in [3.05, 3.63) is 35.7 Å². The molecule has 1 aromatic heterocycles. The molecule has 92 valence electrons. The van der Waals surface area contributed by atoms with Crippen LogP contribution in [0.1, 0.15) is 11.3 Å². The van der Waals surface area contributed by atoms with Crippen LogP contribution in [-0.4, -0.2) is 24.0 Å². The molecule has 0 unspecified atom stereocenters. The van der Waals surface area contributed by atoms with Crippen molar-refractivity contribution >= 4 is 0 Å². The zero-order chi connectivity index (χ0) is 13.1. The van der Waals surface area contributed by atoms with Crippen LogP contribution in [0.15, 0.2) is 24.4 Å². The summed E-state index contributed by atoms with van der Waals surface area (Å²) in [5.41, 5.74) is 2.18. The SMILES string of the molecule is COc1ccc(-n2ncc(C#N)c2C)cc1OC. The quantitative estimate of drug-likeness (QED) is 0.828. The molecule has 0 spiro atoms. The Morgan fingerprint density at radius 3 is 2.50 bits per heavy atom. The van der Waals surface area contributed by atoms with Gasteiger partial charge in [0.05, 0.1) is 37.4 Å². The van der Waals surface area contributed by atoms with Crippen molar-refractivity contribution in [2.24, 2.45) is 0 Å². The van der Waals surface area contributed by atoms with Crippen molar-refractivity contribution in [1.82, 2.24) is 9.78 Å². The van der Waals surface area contributed by atoms with Gasteiger partial charge in [-0.15, -0.1) is 0 Å². The van der Waals surface area contributed by atoms with Gasteiger partial charge in [0.2, 0.25) is 0 Å². The number of hydrogen-bond acceptors (Lipinski definition) is 4. The standard InChI is InChI=1S/C13H13N3O2/c1-9-10(7-14)8-15-16(9)11-4-5-12(17-2)13(6-11)18-3/h4-6,8H,1-3H3. The molecule has 1 heterocycles. The summed E-state index contributed by atoms with van der Waals surface area (Å²) in [5.74, 6) is 1.29. The Bertz CT molecular complexity index is 611. The molecule has 0 aliphatic heterocycles. The van der Waals surface area contributed by atoms with E-state index >= 15 is 0 Å². The first-order valence-electron chi connectivity index (χ1n) is 5.38. The second kappa shape index (κ2) is 4.80. The Labute approximate surface area is 105 Å². The number of benzene rings is 1. The Balaban J connectivity index is 2.51. The zero-order valence-electron chi connectivity index (χ0n) is 10.5. The van der Waals surface area contributed by atoms with Crippen molar-refractivity contribution < 1.29 is 9.47 Å². The second-order valence-corrected chi connectivity index (χ2v) is 3.71. The predicted octanol–water partition coefficient (Wildman–Crippen LogP) is 2.07. The van der Waals surface area contributed by atoms with Gasteiger partial charge >= 0.3 is 0 Å². The smallest absolute Gasteiger partial charge is 0.162 e. The fourth-order valence-electron chi connectivity index (χ4n) is 1.74. The van der Waals surface area contributed by atoms with E-state index in [1.54, 1.807) is 31.2 Å². The minimum absolute atomic E-state index is 0.560. The molecule has 5 heteroatoms. The summed E-state index contributed by atoms with van der Waals surface area (Å²) in [6.07, 6.45) is 1.55. The van der Waals surface area contributed by atoms with Gasteiger partial charge in [-0.1, -0.05) is 0 Å². The molecule has 1 aromatic carbocycles. The van der Waals surface area contributed by atoms with E-state index in [0.29, 0.717) is 17.1 Å². The number of hydrogen-bond donors (Lipinski definition) is 0. The van der Waals surface area contributed by atoms with E-state index in [2.05, 4.69) is 11.2 Å². The molecule has 0 aliphatic rings. The summed E-state index contributed by atoms with van der Waals surface area (Å²) in [5, 5.41) is 13.1. The molecule has 2 rings (SSSR count). The molecule has 0 N–H and O–H groups in total. The summed E-state index contributed by atoms with van der Waals surface area (Å²) in [6.45, 7) is 1.85. The minimum Gasteiger partial charge on any atom is -0.493 e. The molecular weight excluding hydrogens is 230 g/mol. The van der Waals surface area contributed by atoms with E-state index in [1.807, 2.05) is 19.1 Å². The molecule has 0 radical (unpaired) electrons. The molecular formula is C13H13N3O2. The normalized spacial score (nSPS) is 9.89. The molecule has 0 aliphatic carbocycles. The molecule has 2 aromatic rings. The number of ether oxygens (including phenoxy) is 2. The van der Waals surface area contributed by atoms with Crippen LogP contribution in [0.2, 0.25) is 0 Å². The minimum atomic E-state index is 0.560. The topological polar surface area (TPSA) is 60.1 Å². The Kier molecular flexibility index (Phi) is 3.20. The highest BCUT2D eigenvalue weighted by Gasteiger charge is 2.10. The molecule has 0 amide bonds. The van der Waals surface area contributed by atoms with Crippen LogP contribution in [0.5, 0.6) is 11.5 Å². The first-order chi connectivity index (χ1) is 8.71. The van der Waals surface area contributed by atoms with Gasteiger partial charge in [0.15, 0.2) is 11.5 Å². The number of nitrogens with zero attached hydrogens (tertiary/aromatic N) is 3. The first-order valence-corrected chi connectivity index (χ1v) is 5.38. The van der Waals surface area contributed by atoms with Crippen molar-refractivity contribution in [3.8, 4) is 23.3 Å². The van der Waals surface area contributed by atoms with E-state index in [4.69, 9.17) is 14.7 Å². The van der Waals surface area contributed by atoms with Crippen molar-refractivity contribution in [2.75, 3.05) is 14.2 Å². The highest BCUT2D eigenvalue weighted by atomic mass is 16.5. The van der Waals surface area contributed by atoms with Crippen LogP contribution in [0.25, 0.3) is 5.69 Å². The number of methoxy groups -OCH3 is 2. The maximum absolute atomic E-state index is 8.91. The van der Waals surface area contributed by atoms with Gasteiger partial charge in [0.25, 0.3) is 0 Å². The molecule has 0 atom stereocenters. The molecule has 0 saturated heterocycles. The van der Waals surface area contributed by atoms with Crippen LogP contribution in [0.3, 0.4) is 0 Å². The number of nitriles is 1. The molecule has 18 heavy (non-hydrogen) atoms. The van der Waals surface area contributed by atoms with Crippen LogP contribution in [0.4, 0.5) is 0 Å². The number of aromatic nitrogens is 2. The van der Waals surface area contributed by atoms with Crippen LogP contribution in [0, 0.1) is 18.3 Å². The Morgan fingerprint density at radius 1 is 1.22 bits per heavy atom. The van der Waals surface area contributed by atoms with Gasteiger partial charge in [-0.3, -0.25) is 0 Å². The van der Waals surface area contributed by atoms with E-state index in [9.17, 15) is 0 Å². The van der Waals surface area contributed by atoms with Crippen LogP contribution < -0.4 is 9.47 Å². The van der Waals surface area contributed by atoms with E-state index in [1.165, 1.54) is 0 Å². The maximum atomic E-state index is 8.91. The molecule has 0 fully saturated rings. The summed E-state index contributed by atoms with van der Waals surface area (Å²) in [7, 11) is 3.17. The van der Waals surface area contributed by atoms with Gasteiger partial charge in [-0.2, -0.15) is 10.4 Å². The van der Waals surface area contributed by atoms with Gasteiger partial charge in [-0.25, -0.2) is 4.68 Å². The molecule has 5 nitrogen and oxygen atoms in total. The van der Waals surface area contributed by atoms with Gasteiger partial charge in [0, 0.05) is 6.07 Å². The van der Waals surface area contributed by atoms with Crippen LogP contribution in [-0.2, 0) is 0 Å². The van der Waals surface area contributed by atoms with Crippen molar-refractivity contribution in [3.63, 3.8) is 0 Å². The average Bonchev–Trinajstić information content (AvgIpc) is 2.79. The van der Waals surface area contributed by atoms with Gasteiger partial charge in [-0.05, 0) is 19.1 Å². The molecule has 0 saturated carbocycles. The lowest BCUT2D eigenvalue weighted by atomic mass is 10.2. The number of rotatable bonds is 3. The highest BCUT2D eigenvalue weighted by Crippen LogP contribution is 2.29. The van der Waals surface area contributed by atoms with E-state index < -0.39 is 0 Å². The van der Waals surface area contributed by atoms with Crippen molar-refractivity contribution in [1.29, 1.82) is 5.26 Å². The zero-order valence-corrected chi connectivity index (χ0v) is 10.5. The third-order valence-corrected chi connectivity index (χ3v) is 2.74. The third kappa shape index (κ3) is 1.89. The van der Waals surface area contributed by atoms with Gasteiger partial charge in [0.1, 0.15) is 6.07 Å². The Hall–Kier alpha value is -2.48. The average molecular weight is 243 g/mol. The fraction of sp³-hybridized carbons (Fsp3) is 0.231. The lowest BCUT2D eigenvalue weighted by Gasteiger charge is -2.10. The molecule has 0 bridgehead atoms. The lowest BCUT2D eigenvalue weighted by Crippen LogP contribution is -2.00. The first kappa shape index (κ1) is 12.0. The summed E-state index contributed by atoms with van der Waals surface area (Å²) in [4.78, 5) is 0. The van der Waals surface area contributed by atoms with E-state index in [0.717, 1.165) is 11.4 Å². The maximum Gasteiger partial charge on any atom is 0.162 e. The third-order valence-electron chi connectivity index (χ3n) is 2.74. The summed E-state index contributed by atoms with van der Waals surface area (Å²) >= 11 is 0. The van der Waals surface area contributed by atoms with Crippen molar-refractivity contribution in [2.45, 2.75) is 6.92 Å². The lowest BCUT2D eigenvalue weighted by molar-refractivity contribution is 0.354. The fourth-order valence-corrected chi connectivity index (χ4v) is 1.74.